The molecule has 84 valence electrons. The first-order chi connectivity index (χ1) is 7.19. The van der Waals surface area contributed by atoms with E-state index in [-0.39, 0.29) is 0 Å². The zero-order valence-electron chi connectivity index (χ0n) is 10.3. The number of hydrogen-bond donors (Lipinski definition) is 1. The van der Waals surface area contributed by atoms with E-state index in [1.165, 1.54) is 16.8 Å². The molecule has 0 saturated carbocycles. The third-order valence-electron chi connectivity index (χ3n) is 2.68. The molecule has 0 aliphatic rings. The minimum absolute atomic E-state index is 1.04. The fourth-order valence-corrected chi connectivity index (χ4v) is 1.75. The van der Waals surface area contributed by atoms with Gasteiger partial charge in [-0.2, -0.15) is 0 Å². The van der Waals surface area contributed by atoms with Crippen molar-refractivity contribution in [2.75, 3.05) is 32.6 Å². The average Bonchev–Trinajstić information content (AvgIpc) is 2.25. The lowest BCUT2D eigenvalue weighted by Gasteiger charge is -2.18. The smallest absolute Gasteiger partial charge is 0.0394 e. The third-order valence-corrected chi connectivity index (χ3v) is 2.68. The second-order valence-electron chi connectivity index (χ2n) is 4.06. The van der Waals surface area contributed by atoms with Crippen molar-refractivity contribution in [3.8, 4) is 0 Å². The van der Waals surface area contributed by atoms with Crippen LogP contribution in [0.1, 0.15) is 18.1 Å². The molecule has 0 aromatic heterocycles. The first-order valence-corrected chi connectivity index (χ1v) is 5.62. The number of nitrogens with zero attached hydrogens (tertiary/aromatic N) is 1. The molecular formula is C13H22N2. The molecule has 2 nitrogen and oxygen atoms in total. The summed E-state index contributed by atoms with van der Waals surface area (Å²) in [5.74, 6) is 0. The van der Waals surface area contributed by atoms with Crippen LogP contribution in [0.25, 0.3) is 0 Å². The van der Waals surface area contributed by atoms with Gasteiger partial charge < -0.3 is 10.2 Å². The largest absolute Gasteiger partial charge is 0.377 e. The van der Waals surface area contributed by atoms with Crippen LogP contribution in [0.4, 0.5) is 5.69 Å². The van der Waals surface area contributed by atoms with Gasteiger partial charge in [0, 0.05) is 19.8 Å². The first kappa shape index (κ1) is 12.1. The Balaban J connectivity index is 2.94. The van der Waals surface area contributed by atoms with E-state index in [0.717, 1.165) is 19.4 Å². The molecule has 0 aliphatic carbocycles. The Labute approximate surface area is 93.3 Å². The van der Waals surface area contributed by atoms with Crippen molar-refractivity contribution >= 4 is 5.69 Å². The van der Waals surface area contributed by atoms with Gasteiger partial charge >= 0.3 is 0 Å². The lowest BCUT2D eigenvalue weighted by molar-refractivity contribution is 0.789. The van der Waals surface area contributed by atoms with Gasteiger partial charge in [-0.15, -0.1) is 0 Å². The van der Waals surface area contributed by atoms with Crippen LogP contribution in [0.15, 0.2) is 18.2 Å². The van der Waals surface area contributed by atoms with Crippen LogP contribution in [0, 0.1) is 0 Å². The normalized spacial score (nSPS) is 10.4. The summed E-state index contributed by atoms with van der Waals surface area (Å²) >= 11 is 0. The summed E-state index contributed by atoms with van der Waals surface area (Å²) in [5, 5.41) is 3.20. The fraction of sp³-hybridized carbons (Fsp3) is 0.538. The molecule has 0 fully saturated rings. The maximum atomic E-state index is 3.20. The zero-order chi connectivity index (χ0) is 11.3. The van der Waals surface area contributed by atoms with Crippen molar-refractivity contribution in [2.45, 2.75) is 19.8 Å². The van der Waals surface area contributed by atoms with Crippen molar-refractivity contribution in [1.29, 1.82) is 0 Å². The maximum absolute atomic E-state index is 3.20. The van der Waals surface area contributed by atoms with Gasteiger partial charge in [-0.1, -0.05) is 19.1 Å². The van der Waals surface area contributed by atoms with Crippen LogP contribution in [-0.4, -0.2) is 27.7 Å². The Morgan fingerprint density at radius 3 is 2.53 bits per heavy atom. The molecule has 0 heterocycles. The Morgan fingerprint density at radius 1 is 1.27 bits per heavy atom. The molecular weight excluding hydrogens is 184 g/mol. The van der Waals surface area contributed by atoms with Gasteiger partial charge in [0.1, 0.15) is 0 Å². The Bertz CT molecular complexity index is 305. The second-order valence-corrected chi connectivity index (χ2v) is 4.06. The summed E-state index contributed by atoms with van der Waals surface area (Å²) in [5.41, 5.74) is 4.20. The molecule has 1 aromatic carbocycles. The first-order valence-electron chi connectivity index (χ1n) is 5.62. The number of anilines is 1. The highest BCUT2D eigenvalue weighted by Gasteiger charge is 2.04. The minimum Gasteiger partial charge on any atom is -0.377 e. The van der Waals surface area contributed by atoms with Gasteiger partial charge in [0.25, 0.3) is 0 Å². The summed E-state index contributed by atoms with van der Waals surface area (Å²) in [6, 6.07) is 6.77. The number of likely N-dealkylation sites (N-methyl/N-ethyl adjacent to an activating group) is 1. The zero-order valence-corrected chi connectivity index (χ0v) is 10.3. The van der Waals surface area contributed by atoms with Gasteiger partial charge in [-0.3, -0.25) is 0 Å². The molecule has 0 unspecified atom stereocenters. The number of nitrogens with one attached hydrogen (secondary N) is 1. The van der Waals surface area contributed by atoms with E-state index in [4.69, 9.17) is 0 Å². The van der Waals surface area contributed by atoms with Crippen LogP contribution in [-0.2, 0) is 12.8 Å². The highest BCUT2D eigenvalue weighted by Crippen LogP contribution is 2.20. The summed E-state index contributed by atoms with van der Waals surface area (Å²) in [4.78, 5) is 2.18. The Hall–Kier alpha value is -1.02. The van der Waals surface area contributed by atoms with Crippen molar-refractivity contribution < 1.29 is 0 Å². The lowest BCUT2D eigenvalue weighted by atomic mass is 10.0. The molecule has 15 heavy (non-hydrogen) atoms. The maximum Gasteiger partial charge on any atom is 0.0394 e. The average molecular weight is 206 g/mol. The molecule has 0 saturated heterocycles. The van der Waals surface area contributed by atoms with Gasteiger partial charge in [0.05, 0.1) is 0 Å². The summed E-state index contributed by atoms with van der Waals surface area (Å²) in [6.45, 7) is 3.24. The van der Waals surface area contributed by atoms with Gasteiger partial charge in [0.15, 0.2) is 0 Å². The topological polar surface area (TPSA) is 15.3 Å². The summed E-state index contributed by atoms with van der Waals surface area (Å²) < 4.78 is 0. The molecule has 0 bridgehead atoms. The molecule has 0 amide bonds. The number of aryl methyl sites for hydroxylation is 1. The molecule has 1 N–H and O–H groups in total. The van der Waals surface area contributed by atoms with E-state index in [9.17, 15) is 0 Å². The monoisotopic (exact) mass is 206 g/mol. The van der Waals surface area contributed by atoms with Crippen molar-refractivity contribution in [3.05, 3.63) is 29.3 Å². The number of rotatable bonds is 5. The van der Waals surface area contributed by atoms with E-state index in [0.29, 0.717) is 0 Å². The molecule has 0 atom stereocenters. The van der Waals surface area contributed by atoms with Crippen LogP contribution in [0.5, 0.6) is 0 Å². The number of benzene rings is 1. The highest BCUT2D eigenvalue weighted by atomic mass is 15.1. The van der Waals surface area contributed by atoms with Crippen LogP contribution in [0.3, 0.4) is 0 Å². The van der Waals surface area contributed by atoms with E-state index in [1.54, 1.807) is 0 Å². The molecule has 1 rings (SSSR count). The molecule has 0 spiro atoms. The van der Waals surface area contributed by atoms with Crippen molar-refractivity contribution in [2.24, 2.45) is 0 Å². The quantitative estimate of drug-likeness (QED) is 0.793. The molecule has 2 heteroatoms. The molecule has 0 aliphatic heterocycles. The minimum atomic E-state index is 1.04. The lowest BCUT2D eigenvalue weighted by Crippen LogP contribution is -2.15. The van der Waals surface area contributed by atoms with Crippen molar-refractivity contribution in [1.82, 2.24) is 5.32 Å². The van der Waals surface area contributed by atoms with Crippen LogP contribution in [0.2, 0.25) is 0 Å². The Morgan fingerprint density at radius 2 is 2.00 bits per heavy atom. The van der Waals surface area contributed by atoms with E-state index in [1.807, 2.05) is 7.05 Å². The Kier molecular flexibility index (Phi) is 4.63. The van der Waals surface area contributed by atoms with Crippen LogP contribution >= 0.6 is 0 Å². The van der Waals surface area contributed by atoms with Gasteiger partial charge in [0.2, 0.25) is 0 Å². The standard InChI is InChI=1S/C13H22N2/c1-5-11-6-7-13(15(3)4)12(10-11)8-9-14-2/h6-7,10,14H,5,8-9H2,1-4H3. The van der Waals surface area contributed by atoms with Gasteiger partial charge in [-0.25, -0.2) is 0 Å². The fourth-order valence-electron chi connectivity index (χ4n) is 1.75. The second kappa shape index (κ2) is 5.76. The SMILES string of the molecule is CCc1ccc(N(C)C)c(CCNC)c1. The highest BCUT2D eigenvalue weighted by molar-refractivity contribution is 5.54. The summed E-state index contributed by atoms with van der Waals surface area (Å²) in [7, 11) is 6.20. The van der Waals surface area contributed by atoms with E-state index >= 15 is 0 Å². The van der Waals surface area contributed by atoms with E-state index < -0.39 is 0 Å². The van der Waals surface area contributed by atoms with Crippen LogP contribution < -0.4 is 10.2 Å². The summed E-state index contributed by atoms with van der Waals surface area (Å²) in [6.07, 6.45) is 2.21. The van der Waals surface area contributed by atoms with Crippen molar-refractivity contribution in [3.63, 3.8) is 0 Å². The van der Waals surface area contributed by atoms with E-state index in [2.05, 4.69) is 49.4 Å². The molecule has 1 aromatic rings. The predicted octanol–water partition coefficient (Wildman–Crippen LogP) is 2.08. The molecule has 0 radical (unpaired) electrons. The predicted molar refractivity (Wildman–Crippen MR) is 67.8 cm³/mol. The third kappa shape index (κ3) is 3.24. The number of hydrogen-bond acceptors (Lipinski definition) is 2. The van der Waals surface area contributed by atoms with Gasteiger partial charge in [-0.05, 0) is 43.6 Å².